The van der Waals surface area contributed by atoms with Crippen molar-refractivity contribution >= 4 is 33.3 Å². The number of pyridine rings is 1. The average molecular weight is 616 g/mol. The molecule has 2 aromatic carbocycles. The van der Waals surface area contributed by atoms with E-state index in [0.29, 0.717) is 11.6 Å². The summed E-state index contributed by atoms with van der Waals surface area (Å²) >= 11 is 0. The van der Waals surface area contributed by atoms with Gasteiger partial charge in [0.25, 0.3) is 11.8 Å². The van der Waals surface area contributed by atoms with Crippen LogP contribution >= 0.6 is 0 Å². The van der Waals surface area contributed by atoms with Crippen molar-refractivity contribution in [2.45, 2.75) is 50.2 Å². The first-order chi connectivity index (χ1) is 20.3. The van der Waals surface area contributed by atoms with Gasteiger partial charge >= 0.3 is 0 Å². The lowest BCUT2D eigenvalue weighted by Gasteiger charge is -2.39. The third-order valence-corrected chi connectivity index (χ3v) is 9.25. The van der Waals surface area contributed by atoms with Crippen LogP contribution in [-0.4, -0.2) is 49.0 Å². The minimum Gasteiger partial charge on any atom is -0.351 e. The van der Waals surface area contributed by atoms with Crippen molar-refractivity contribution in [1.29, 1.82) is 5.26 Å². The lowest BCUT2D eigenvalue weighted by Crippen LogP contribution is -2.56. The van der Waals surface area contributed by atoms with Crippen LogP contribution in [0.2, 0.25) is 0 Å². The Morgan fingerprint density at radius 3 is 2.49 bits per heavy atom. The highest BCUT2D eigenvalue weighted by molar-refractivity contribution is 7.93. The van der Waals surface area contributed by atoms with Gasteiger partial charge in [-0.05, 0) is 48.7 Å². The Balaban J connectivity index is 1.65. The van der Waals surface area contributed by atoms with E-state index < -0.39 is 76.1 Å². The van der Waals surface area contributed by atoms with Crippen LogP contribution in [0.1, 0.15) is 42.0 Å². The molecule has 1 aliphatic heterocycles. The van der Waals surface area contributed by atoms with E-state index in [0.717, 1.165) is 21.3 Å². The van der Waals surface area contributed by atoms with E-state index in [1.54, 1.807) is 25.1 Å². The zero-order chi connectivity index (χ0) is 31.1. The van der Waals surface area contributed by atoms with Gasteiger partial charge in [-0.3, -0.25) is 14.5 Å². The van der Waals surface area contributed by atoms with E-state index in [1.807, 2.05) is 6.07 Å². The maximum Gasteiger partial charge on any atom is 0.252 e. The second-order valence-corrected chi connectivity index (χ2v) is 12.4. The highest BCUT2D eigenvalue weighted by Gasteiger charge is 2.49. The van der Waals surface area contributed by atoms with E-state index in [2.05, 4.69) is 10.3 Å². The molecule has 1 unspecified atom stereocenters. The van der Waals surface area contributed by atoms with E-state index >= 15 is 0 Å². The van der Waals surface area contributed by atoms with Crippen molar-refractivity contribution in [2.24, 2.45) is 0 Å². The summed E-state index contributed by atoms with van der Waals surface area (Å²) in [7, 11) is -4.14. The summed E-state index contributed by atoms with van der Waals surface area (Å²) in [4.78, 5) is 33.3. The Labute approximate surface area is 244 Å². The molecule has 2 amide bonds. The fourth-order valence-electron chi connectivity index (χ4n) is 5.34. The first-order valence-corrected chi connectivity index (χ1v) is 14.8. The van der Waals surface area contributed by atoms with Crippen molar-refractivity contribution in [2.75, 3.05) is 15.0 Å². The summed E-state index contributed by atoms with van der Waals surface area (Å²) in [5.41, 5.74) is 0.571. The van der Waals surface area contributed by atoms with E-state index in [9.17, 15) is 40.8 Å². The average Bonchev–Trinajstić information content (AvgIpc) is 3.27. The summed E-state index contributed by atoms with van der Waals surface area (Å²) in [6, 6.07) is 9.36. The quantitative estimate of drug-likeness (QED) is 0.399. The van der Waals surface area contributed by atoms with E-state index in [1.165, 1.54) is 24.4 Å². The maximum atomic E-state index is 14.6. The first kappa shape index (κ1) is 30.0. The summed E-state index contributed by atoms with van der Waals surface area (Å²) in [5.74, 6) is -8.07. The number of carbonyl (C=O) groups is 2. The standard InChI is InChI=1S/C29H25F4N5O4S/c1-17-4-2-3-5-21(17)26(27(39)36-19-14-29(32,33)15-19)37(20-6-7-22(30)23(31)13-20)28(40)24-9-11-43(41,42)38(24)25-12-18(16-34)8-10-35-25/h2-8,10,12-13,19,24,26H,9,11,14-15H2,1H3,(H,36,39)/t24-,26?/m0/s1. The molecule has 14 heteroatoms. The Hall–Kier alpha value is -4.51. The number of sulfonamides is 1. The molecule has 2 heterocycles. The summed E-state index contributed by atoms with van der Waals surface area (Å²) in [5, 5.41) is 11.9. The molecule has 0 spiro atoms. The number of hydrogen-bond acceptors (Lipinski definition) is 6. The Bertz CT molecular complexity index is 1740. The van der Waals surface area contributed by atoms with E-state index in [-0.39, 0.29) is 29.1 Å². The molecule has 2 fully saturated rings. The predicted octanol–water partition coefficient (Wildman–Crippen LogP) is 4.14. The molecule has 1 aromatic heterocycles. The number of carbonyl (C=O) groups excluding carboxylic acids is 2. The molecule has 1 saturated heterocycles. The number of amides is 2. The van der Waals surface area contributed by atoms with Crippen LogP contribution in [0.3, 0.4) is 0 Å². The van der Waals surface area contributed by atoms with Crippen molar-refractivity contribution < 1.29 is 35.6 Å². The zero-order valence-electron chi connectivity index (χ0n) is 22.7. The normalized spacial score (nSPS) is 19.6. The van der Waals surface area contributed by atoms with Gasteiger partial charge in [0.05, 0.1) is 17.4 Å². The molecule has 2 aliphatic rings. The van der Waals surface area contributed by atoms with Gasteiger partial charge in [0.15, 0.2) is 11.6 Å². The lowest BCUT2D eigenvalue weighted by molar-refractivity contribution is -0.133. The van der Waals surface area contributed by atoms with Crippen LogP contribution in [0.5, 0.6) is 0 Å². The highest BCUT2D eigenvalue weighted by Crippen LogP contribution is 2.39. The van der Waals surface area contributed by atoms with Gasteiger partial charge in [-0.15, -0.1) is 0 Å². The first-order valence-electron chi connectivity index (χ1n) is 13.2. The predicted molar refractivity (Wildman–Crippen MR) is 147 cm³/mol. The summed E-state index contributed by atoms with van der Waals surface area (Å²) in [6.07, 6.45) is -0.285. The third-order valence-electron chi connectivity index (χ3n) is 7.46. The molecule has 224 valence electrons. The van der Waals surface area contributed by atoms with Crippen molar-refractivity contribution in [1.82, 2.24) is 10.3 Å². The number of rotatable bonds is 7. The number of nitrogens with zero attached hydrogens (tertiary/aromatic N) is 4. The number of aryl methyl sites for hydroxylation is 1. The van der Waals surface area contributed by atoms with Crippen molar-refractivity contribution in [3.8, 4) is 6.07 Å². The molecule has 0 radical (unpaired) electrons. The van der Waals surface area contributed by atoms with Crippen LogP contribution < -0.4 is 14.5 Å². The molecule has 3 aromatic rings. The SMILES string of the molecule is Cc1ccccc1C(C(=O)NC1CC(F)(F)C1)N(C(=O)[C@@H]1CCS(=O)(=O)N1c1cc(C#N)ccn1)c1ccc(F)c(F)c1. The molecule has 9 nitrogen and oxygen atoms in total. The highest BCUT2D eigenvalue weighted by atomic mass is 32.2. The summed E-state index contributed by atoms with van der Waals surface area (Å²) in [6.45, 7) is 1.64. The van der Waals surface area contributed by atoms with Gasteiger partial charge in [0.1, 0.15) is 17.9 Å². The van der Waals surface area contributed by atoms with Crippen molar-refractivity contribution in [3.05, 3.63) is 89.1 Å². The number of anilines is 2. The number of hydrogen-bond donors (Lipinski definition) is 1. The van der Waals surface area contributed by atoms with Gasteiger partial charge in [-0.1, -0.05) is 24.3 Å². The Morgan fingerprint density at radius 2 is 1.84 bits per heavy atom. The molecule has 1 saturated carbocycles. The molecule has 43 heavy (non-hydrogen) atoms. The lowest BCUT2D eigenvalue weighted by atomic mass is 9.87. The fourth-order valence-corrected chi connectivity index (χ4v) is 7.02. The number of nitriles is 1. The monoisotopic (exact) mass is 615 g/mol. The van der Waals surface area contributed by atoms with Gasteiger partial charge in [-0.2, -0.15) is 5.26 Å². The molecule has 1 aliphatic carbocycles. The number of nitrogens with one attached hydrogen (secondary N) is 1. The van der Waals surface area contributed by atoms with Gasteiger partial charge in [0, 0.05) is 36.8 Å². The number of benzene rings is 2. The molecular weight excluding hydrogens is 590 g/mol. The molecule has 5 rings (SSSR count). The van der Waals surface area contributed by atoms with E-state index in [4.69, 9.17) is 0 Å². The van der Waals surface area contributed by atoms with Crippen molar-refractivity contribution in [3.63, 3.8) is 0 Å². The van der Waals surface area contributed by atoms with Gasteiger partial charge in [0.2, 0.25) is 15.9 Å². The third kappa shape index (κ3) is 5.90. The number of aromatic nitrogens is 1. The van der Waals surface area contributed by atoms with Gasteiger partial charge < -0.3 is 5.32 Å². The number of halogens is 4. The number of alkyl halides is 2. The Kier molecular flexibility index (Phi) is 7.87. The Morgan fingerprint density at radius 1 is 1.12 bits per heavy atom. The second-order valence-electron chi connectivity index (χ2n) is 10.5. The zero-order valence-corrected chi connectivity index (χ0v) is 23.5. The minimum atomic E-state index is -4.14. The van der Waals surface area contributed by atoms with Crippen LogP contribution in [0.15, 0.2) is 60.8 Å². The van der Waals surface area contributed by atoms with Gasteiger partial charge in [-0.25, -0.2) is 35.3 Å². The largest absolute Gasteiger partial charge is 0.351 e. The van der Waals surface area contributed by atoms with Crippen LogP contribution in [-0.2, 0) is 19.6 Å². The molecule has 1 N–H and O–H groups in total. The molecule has 0 bridgehead atoms. The maximum absolute atomic E-state index is 14.6. The second kappa shape index (κ2) is 11.3. The van der Waals surface area contributed by atoms with Crippen LogP contribution in [0.25, 0.3) is 0 Å². The summed E-state index contributed by atoms with van der Waals surface area (Å²) < 4.78 is 83.0. The van der Waals surface area contributed by atoms with Crippen LogP contribution in [0, 0.1) is 29.9 Å². The molecular formula is C29H25F4N5O4S. The van der Waals surface area contributed by atoms with Crippen LogP contribution in [0.4, 0.5) is 29.1 Å². The minimum absolute atomic E-state index is 0.0743. The smallest absolute Gasteiger partial charge is 0.252 e. The fraction of sp³-hybridized carbons (Fsp3) is 0.310. The molecule has 2 atom stereocenters. The topological polar surface area (TPSA) is 123 Å².